The van der Waals surface area contributed by atoms with Crippen LogP contribution in [0.4, 0.5) is 10.5 Å². The summed E-state index contributed by atoms with van der Waals surface area (Å²) in [6.45, 7) is 0.706. The zero-order valence-corrected chi connectivity index (χ0v) is 17.6. The van der Waals surface area contributed by atoms with E-state index in [0.717, 1.165) is 17.5 Å². The number of nitrogens with zero attached hydrogens (tertiary/aromatic N) is 3. The quantitative estimate of drug-likeness (QED) is 0.749. The smallest absolute Gasteiger partial charge is 0.414 e. The van der Waals surface area contributed by atoms with Gasteiger partial charge in [0.15, 0.2) is 0 Å². The van der Waals surface area contributed by atoms with Crippen LogP contribution in [0.1, 0.15) is 23.6 Å². The molecule has 2 heterocycles. The van der Waals surface area contributed by atoms with Gasteiger partial charge in [-0.05, 0) is 42.2 Å². The number of fused-ring (bicyclic) bond motifs is 1. The molecule has 8 nitrogen and oxygen atoms in total. The Labute approximate surface area is 175 Å². The maximum Gasteiger partial charge on any atom is 0.414 e. The number of sulfonamides is 1. The lowest BCUT2D eigenvalue weighted by Gasteiger charge is -2.29. The maximum atomic E-state index is 13.4. The first-order valence-corrected chi connectivity index (χ1v) is 11.1. The predicted octanol–water partition coefficient (Wildman–Crippen LogP) is 2.95. The fourth-order valence-electron chi connectivity index (χ4n) is 3.85. The van der Waals surface area contributed by atoms with E-state index in [1.54, 1.807) is 12.1 Å². The maximum absolute atomic E-state index is 13.4. The van der Waals surface area contributed by atoms with Gasteiger partial charge in [-0.3, -0.25) is 4.90 Å². The highest BCUT2D eigenvalue weighted by atomic mass is 32.2. The summed E-state index contributed by atoms with van der Waals surface area (Å²) in [7, 11) is -1.13. The molecular formula is C21H23N3O5S. The number of carbonyl (C=O) groups excluding carboxylic acids is 1. The first kappa shape index (κ1) is 20.2. The number of aliphatic imine (C=N–C) groups is 1. The Bertz CT molecular complexity index is 1090. The van der Waals surface area contributed by atoms with Gasteiger partial charge in [0.05, 0.1) is 37.4 Å². The van der Waals surface area contributed by atoms with Gasteiger partial charge in [-0.25, -0.2) is 22.5 Å². The van der Waals surface area contributed by atoms with Crippen LogP contribution in [0.25, 0.3) is 0 Å². The summed E-state index contributed by atoms with van der Waals surface area (Å²) < 4.78 is 38.1. The van der Waals surface area contributed by atoms with Crippen molar-refractivity contribution >= 4 is 27.8 Å². The molecule has 0 fully saturated rings. The number of amides is 1. The number of rotatable bonds is 3. The molecule has 0 aromatic heterocycles. The Morgan fingerprint density at radius 3 is 2.60 bits per heavy atom. The van der Waals surface area contributed by atoms with Gasteiger partial charge in [0.25, 0.3) is 10.0 Å². The second kappa shape index (κ2) is 7.98. The van der Waals surface area contributed by atoms with Crippen LogP contribution in [-0.2, 0) is 25.9 Å². The lowest BCUT2D eigenvalue weighted by molar-refractivity contribution is 0.178. The van der Waals surface area contributed by atoms with Crippen molar-refractivity contribution in [1.82, 2.24) is 4.31 Å². The van der Waals surface area contributed by atoms with Crippen molar-refractivity contribution in [2.24, 2.45) is 4.99 Å². The summed E-state index contributed by atoms with van der Waals surface area (Å²) in [5, 5.41) is 0. The highest BCUT2D eigenvalue weighted by Gasteiger charge is 2.37. The Balaban J connectivity index is 1.66. The molecule has 0 aliphatic carbocycles. The number of hydrogen-bond acceptors (Lipinski definition) is 6. The van der Waals surface area contributed by atoms with E-state index in [2.05, 4.69) is 4.99 Å². The summed E-state index contributed by atoms with van der Waals surface area (Å²) in [6.07, 6.45) is 0.964. The topological polar surface area (TPSA) is 88.5 Å². The highest BCUT2D eigenvalue weighted by molar-refractivity contribution is 7.89. The number of benzene rings is 2. The van der Waals surface area contributed by atoms with Crippen molar-refractivity contribution in [3.05, 3.63) is 59.7 Å². The van der Waals surface area contributed by atoms with Gasteiger partial charge < -0.3 is 9.47 Å². The molecule has 2 aliphatic heterocycles. The third kappa shape index (κ3) is 3.49. The van der Waals surface area contributed by atoms with Crippen LogP contribution < -0.4 is 4.90 Å². The van der Waals surface area contributed by atoms with Gasteiger partial charge in [-0.15, -0.1) is 0 Å². The molecule has 158 valence electrons. The van der Waals surface area contributed by atoms with Crippen molar-refractivity contribution < 1.29 is 22.7 Å². The minimum Gasteiger partial charge on any atom is -0.468 e. The summed E-state index contributed by atoms with van der Waals surface area (Å²) in [5.41, 5.74) is 2.39. The molecule has 0 spiro atoms. The van der Waals surface area contributed by atoms with Gasteiger partial charge in [-0.1, -0.05) is 30.3 Å². The lowest BCUT2D eigenvalue weighted by Crippen LogP contribution is -2.37. The van der Waals surface area contributed by atoms with Crippen molar-refractivity contribution in [2.75, 3.05) is 32.2 Å². The van der Waals surface area contributed by atoms with E-state index < -0.39 is 16.1 Å². The number of carbonyl (C=O) groups is 1. The van der Waals surface area contributed by atoms with Crippen LogP contribution in [0.5, 0.6) is 0 Å². The van der Waals surface area contributed by atoms with E-state index in [4.69, 9.17) is 9.47 Å². The first-order valence-electron chi connectivity index (χ1n) is 9.63. The molecule has 9 heteroatoms. The molecule has 0 N–H and O–H groups in total. The number of anilines is 1. The van der Waals surface area contributed by atoms with E-state index in [-0.39, 0.29) is 23.5 Å². The second-order valence-electron chi connectivity index (χ2n) is 7.09. The summed E-state index contributed by atoms with van der Waals surface area (Å²) in [6, 6.07) is 14.1. The van der Waals surface area contributed by atoms with Crippen molar-refractivity contribution in [1.29, 1.82) is 0 Å². The van der Waals surface area contributed by atoms with Crippen LogP contribution in [0.2, 0.25) is 0 Å². The molecule has 1 amide bonds. The molecule has 1 unspecified atom stereocenters. The normalized spacial score (nSPS) is 18.6. The molecule has 1 atom stereocenters. The van der Waals surface area contributed by atoms with E-state index in [1.165, 1.54) is 29.5 Å². The summed E-state index contributed by atoms with van der Waals surface area (Å²) >= 11 is 0. The average molecular weight is 429 g/mol. The molecular weight excluding hydrogens is 406 g/mol. The molecule has 0 radical (unpaired) electrons. The Kier molecular flexibility index (Phi) is 5.38. The molecule has 0 saturated heterocycles. The van der Waals surface area contributed by atoms with Gasteiger partial charge in [-0.2, -0.15) is 0 Å². The minimum atomic E-state index is -3.87. The molecule has 2 aromatic rings. The average Bonchev–Trinajstić information content (AvgIpc) is 3.24. The molecule has 30 heavy (non-hydrogen) atoms. The van der Waals surface area contributed by atoms with Crippen LogP contribution in [0.15, 0.2) is 58.4 Å². The number of amidine groups is 1. The largest absolute Gasteiger partial charge is 0.468 e. The van der Waals surface area contributed by atoms with E-state index in [1.807, 2.05) is 30.3 Å². The number of hydrogen-bond donors (Lipinski definition) is 0. The van der Waals surface area contributed by atoms with Gasteiger partial charge >= 0.3 is 12.1 Å². The monoisotopic (exact) mass is 429 g/mol. The fraction of sp³-hybridized carbons (Fsp3) is 0.333. The number of aryl methyl sites for hydroxylation is 1. The highest BCUT2D eigenvalue weighted by Crippen LogP contribution is 2.33. The molecule has 0 saturated carbocycles. The van der Waals surface area contributed by atoms with Crippen LogP contribution in [0.3, 0.4) is 0 Å². The molecule has 2 aliphatic rings. The zero-order valence-electron chi connectivity index (χ0n) is 16.8. The van der Waals surface area contributed by atoms with Crippen LogP contribution in [0, 0.1) is 0 Å². The Hall–Kier alpha value is -3.07. The van der Waals surface area contributed by atoms with Crippen molar-refractivity contribution in [2.45, 2.75) is 23.8 Å². The van der Waals surface area contributed by atoms with E-state index in [9.17, 15) is 13.2 Å². The lowest BCUT2D eigenvalue weighted by atomic mass is 10.0. The minimum absolute atomic E-state index is 0.0674. The third-order valence-corrected chi connectivity index (χ3v) is 7.07. The summed E-state index contributed by atoms with van der Waals surface area (Å²) in [5.74, 6) is 0. The Morgan fingerprint density at radius 2 is 1.90 bits per heavy atom. The van der Waals surface area contributed by atoms with Crippen molar-refractivity contribution in [3.8, 4) is 0 Å². The fourth-order valence-corrected chi connectivity index (χ4v) is 5.30. The van der Waals surface area contributed by atoms with Gasteiger partial charge in [0.2, 0.25) is 0 Å². The molecule has 4 rings (SSSR count). The van der Waals surface area contributed by atoms with Crippen molar-refractivity contribution in [3.63, 3.8) is 0 Å². The van der Waals surface area contributed by atoms with Crippen LogP contribution in [-0.4, -0.2) is 52.1 Å². The molecule has 0 bridgehead atoms. The standard InChI is InChI=1S/C21H23N3O5S/c1-28-20-22-18(15-7-4-3-5-8-15)14-24(20)30(26,27)17-10-11-19-16(13-17)9-6-12-23(19)21(25)29-2/h3-5,7-8,10-11,13,18H,6,9,12,14H2,1-2H3. The van der Waals surface area contributed by atoms with Crippen LogP contribution >= 0.6 is 0 Å². The predicted molar refractivity (Wildman–Crippen MR) is 112 cm³/mol. The molecule has 2 aromatic carbocycles. The Morgan fingerprint density at radius 1 is 1.13 bits per heavy atom. The van der Waals surface area contributed by atoms with Gasteiger partial charge in [0, 0.05) is 6.54 Å². The number of ether oxygens (including phenoxy) is 2. The SMILES string of the molecule is COC(=O)N1CCCc2cc(S(=O)(=O)N3CC(c4ccccc4)N=C3OC)ccc21. The summed E-state index contributed by atoms with van der Waals surface area (Å²) in [4.78, 5) is 18.1. The van der Waals surface area contributed by atoms with Gasteiger partial charge in [0.1, 0.15) is 0 Å². The zero-order chi connectivity index (χ0) is 21.3. The third-order valence-electron chi connectivity index (χ3n) is 5.34. The first-order chi connectivity index (χ1) is 14.5. The van der Waals surface area contributed by atoms with E-state index in [0.29, 0.717) is 18.7 Å². The second-order valence-corrected chi connectivity index (χ2v) is 8.96. The number of methoxy groups -OCH3 is 2. The van der Waals surface area contributed by atoms with E-state index >= 15 is 0 Å².